The summed E-state index contributed by atoms with van der Waals surface area (Å²) in [6.45, 7) is 4.74. The van der Waals surface area contributed by atoms with Crippen molar-refractivity contribution in [2.45, 2.75) is 31.3 Å². The van der Waals surface area contributed by atoms with Crippen LogP contribution in [0.25, 0.3) is 0 Å². The maximum atomic E-state index is 11.9. The quantitative estimate of drug-likeness (QED) is 0.846. The Kier molecular flexibility index (Phi) is 3.69. The fraction of sp³-hybridized carbons (Fsp3) is 0.500. The molecule has 2 rings (SSSR count). The van der Waals surface area contributed by atoms with E-state index in [9.17, 15) is 4.79 Å². The Bertz CT molecular complexity index is 394. The van der Waals surface area contributed by atoms with E-state index >= 15 is 0 Å². The van der Waals surface area contributed by atoms with Crippen molar-refractivity contribution in [1.82, 2.24) is 15.6 Å². The SMILES string of the molecule is CC1(C)NC(C(=O)NCc2ccncc2)CS1. The summed E-state index contributed by atoms with van der Waals surface area (Å²) in [6.07, 6.45) is 3.46. The third kappa shape index (κ3) is 3.44. The zero-order valence-electron chi connectivity index (χ0n) is 10.1. The van der Waals surface area contributed by atoms with Crippen LogP contribution < -0.4 is 10.6 Å². The zero-order chi connectivity index (χ0) is 12.3. The largest absolute Gasteiger partial charge is 0.351 e. The third-order valence-corrected chi connectivity index (χ3v) is 4.00. The summed E-state index contributed by atoms with van der Waals surface area (Å²) >= 11 is 1.78. The first-order chi connectivity index (χ1) is 8.07. The highest BCUT2D eigenvalue weighted by Crippen LogP contribution is 2.28. The molecule has 0 radical (unpaired) electrons. The van der Waals surface area contributed by atoms with Crippen LogP contribution in [0.4, 0.5) is 0 Å². The molecule has 0 aliphatic carbocycles. The summed E-state index contributed by atoms with van der Waals surface area (Å²) < 4.78 is 0. The van der Waals surface area contributed by atoms with Gasteiger partial charge in [0.15, 0.2) is 0 Å². The molecule has 5 heteroatoms. The Labute approximate surface area is 106 Å². The van der Waals surface area contributed by atoms with E-state index in [1.807, 2.05) is 12.1 Å². The standard InChI is InChI=1S/C12H17N3OS/c1-12(2)15-10(8-17-12)11(16)14-7-9-3-5-13-6-4-9/h3-6,10,15H,7-8H2,1-2H3,(H,14,16). The topological polar surface area (TPSA) is 54.0 Å². The van der Waals surface area contributed by atoms with Crippen LogP contribution in [0, 0.1) is 0 Å². The molecular weight excluding hydrogens is 234 g/mol. The summed E-state index contributed by atoms with van der Waals surface area (Å²) in [5.41, 5.74) is 1.07. The van der Waals surface area contributed by atoms with Crippen LogP contribution in [-0.2, 0) is 11.3 Å². The van der Waals surface area contributed by atoms with E-state index in [0.717, 1.165) is 11.3 Å². The Morgan fingerprint density at radius 3 is 2.88 bits per heavy atom. The molecule has 4 nitrogen and oxygen atoms in total. The van der Waals surface area contributed by atoms with Gasteiger partial charge in [-0.25, -0.2) is 0 Å². The number of carbonyl (C=O) groups is 1. The van der Waals surface area contributed by atoms with Gasteiger partial charge in [-0.1, -0.05) is 0 Å². The van der Waals surface area contributed by atoms with Gasteiger partial charge < -0.3 is 5.32 Å². The molecule has 0 aromatic carbocycles. The average molecular weight is 251 g/mol. The van der Waals surface area contributed by atoms with Gasteiger partial charge in [0.25, 0.3) is 0 Å². The highest BCUT2D eigenvalue weighted by Gasteiger charge is 2.34. The lowest BCUT2D eigenvalue weighted by Gasteiger charge is -2.18. The number of amides is 1. The van der Waals surface area contributed by atoms with E-state index in [0.29, 0.717) is 6.54 Å². The van der Waals surface area contributed by atoms with Gasteiger partial charge in [-0.15, -0.1) is 11.8 Å². The van der Waals surface area contributed by atoms with Crippen molar-refractivity contribution in [1.29, 1.82) is 0 Å². The lowest BCUT2D eigenvalue weighted by Crippen LogP contribution is -2.46. The fourth-order valence-electron chi connectivity index (χ4n) is 1.75. The molecule has 1 aliphatic heterocycles. The van der Waals surface area contributed by atoms with Gasteiger partial charge in [-0.2, -0.15) is 0 Å². The summed E-state index contributed by atoms with van der Waals surface area (Å²) in [6, 6.07) is 3.72. The molecular formula is C12H17N3OS. The second-order valence-corrected chi connectivity index (χ2v) is 6.23. The van der Waals surface area contributed by atoms with Crippen molar-refractivity contribution in [3.8, 4) is 0 Å². The average Bonchev–Trinajstić information content (AvgIpc) is 2.68. The molecule has 1 atom stereocenters. The van der Waals surface area contributed by atoms with Crippen molar-refractivity contribution >= 4 is 17.7 Å². The van der Waals surface area contributed by atoms with E-state index in [1.165, 1.54) is 0 Å². The molecule has 2 heterocycles. The molecule has 1 saturated heterocycles. The van der Waals surface area contributed by atoms with Crippen LogP contribution in [0.1, 0.15) is 19.4 Å². The monoisotopic (exact) mass is 251 g/mol. The molecule has 0 saturated carbocycles. The molecule has 2 N–H and O–H groups in total. The molecule has 0 spiro atoms. The number of carbonyl (C=O) groups excluding carboxylic acids is 1. The second-order valence-electron chi connectivity index (χ2n) is 4.59. The molecule has 92 valence electrons. The van der Waals surface area contributed by atoms with E-state index in [-0.39, 0.29) is 16.8 Å². The van der Waals surface area contributed by atoms with Crippen molar-refractivity contribution < 1.29 is 4.79 Å². The van der Waals surface area contributed by atoms with Gasteiger partial charge >= 0.3 is 0 Å². The van der Waals surface area contributed by atoms with Gasteiger partial charge in [0.05, 0.1) is 10.9 Å². The number of rotatable bonds is 3. The summed E-state index contributed by atoms with van der Waals surface area (Å²) in [5.74, 6) is 0.898. The molecule has 1 fully saturated rings. The number of hydrogen-bond acceptors (Lipinski definition) is 4. The Morgan fingerprint density at radius 2 is 2.29 bits per heavy atom. The van der Waals surface area contributed by atoms with E-state index in [2.05, 4.69) is 29.5 Å². The maximum absolute atomic E-state index is 11.9. The number of nitrogens with zero attached hydrogens (tertiary/aromatic N) is 1. The van der Waals surface area contributed by atoms with Crippen LogP contribution in [-0.4, -0.2) is 27.6 Å². The van der Waals surface area contributed by atoms with Crippen molar-refractivity contribution in [2.24, 2.45) is 0 Å². The summed E-state index contributed by atoms with van der Waals surface area (Å²) in [4.78, 5) is 15.8. The smallest absolute Gasteiger partial charge is 0.238 e. The van der Waals surface area contributed by atoms with Crippen LogP contribution in [0.3, 0.4) is 0 Å². The number of hydrogen-bond donors (Lipinski definition) is 2. The highest BCUT2D eigenvalue weighted by atomic mass is 32.2. The van der Waals surface area contributed by atoms with Crippen LogP contribution in [0.2, 0.25) is 0 Å². The van der Waals surface area contributed by atoms with E-state index in [1.54, 1.807) is 24.2 Å². The van der Waals surface area contributed by atoms with Crippen molar-refractivity contribution in [3.63, 3.8) is 0 Å². The summed E-state index contributed by atoms with van der Waals surface area (Å²) in [5, 5.41) is 6.24. The minimum atomic E-state index is -0.0863. The van der Waals surface area contributed by atoms with Crippen LogP contribution >= 0.6 is 11.8 Å². The number of pyridine rings is 1. The van der Waals surface area contributed by atoms with Gasteiger partial charge in [0.1, 0.15) is 0 Å². The molecule has 1 amide bonds. The van der Waals surface area contributed by atoms with Gasteiger partial charge in [-0.3, -0.25) is 15.1 Å². The first-order valence-corrected chi connectivity index (χ1v) is 6.64. The van der Waals surface area contributed by atoms with Gasteiger partial charge in [0.2, 0.25) is 5.91 Å². The zero-order valence-corrected chi connectivity index (χ0v) is 10.9. The number of aromatic nitrogens is 1. The molecule has 1 unspecified atom stereocenters. The fourth-order valence-corrected chi connectivity index (χ4v) is 2.79. The predicted octanol–water partition coefficient (Wildman–Crippen LogP) is 1.14. The van der Waals surface area contributed by atoms with Crippen LogP contribution in [0.15, 0.2) is 24.5 Å². The lowest BCUT2D eigenvalue weighted by atomic mass is 10.2. The molecule has 1 aromatic heterocycles. The van der Waals surface area contributed by atoms with Crippen molar-refractivity contribution in [2.75, 3.05) is 5.75 Å². The number of thioether (sulfide) groups is 1. The van der Waals surface area contributed by atoms with Gasteiger partial charge in [-0.05, 0) is 31.5 Å². The lowest BCUT2D eigenvalue weighted by molar-refractivity contribution is -0.122. The van der Waals surface area contributed by atoms with Gasteiger partial charge in [0, 0.05) is 24.7 Å². The summed E-state index contributed by atoms with van der Waals surface area (Å²) in [7, 11) is 0. The van der Waals surface area contributed by atoms with Crippen LogP contribution in [0.5, 0.6) is 0 Å². The highest BCUT2D eigenvalue weighted by molar-refractivity contribution is 8.00. The Hall–Kier alpha value is -1.07. The Balaban J connectivity index is 1.83. The normalized spacial score (nSPS) is 22.4. The Morgan fingerprint density at radius 1 is 1.59 bits per heavy atom. The molecule has 1 aliphatic rings. The first-order valence-electron chi connectivity index (χ1n) is 5.65. The molecule has 0 bridgehead atoms. The third-order valence-electron chi connectivity index (χ3n) is 2.67. The predicted molar refractivity (Wildman–Crippen MR) is 69.5 cm³/mol. The first kappa shape index (κ1) is 12.4. The molecule has 17 heavy (non-hydrogen) atoms. The second kappa shape index (κ2) is 5.06. The molecule has 1 aromatic rings. The minimum Gasteiger partial charge on any atom is -0.351 e. The van der Waals surface area contributed by atoms with E-state index in [4.69, 9.17) is 0 Å². The minimum absolute atomic E-state index is 0.00132. The van der Waals surface area contributed by atoms with E-state index < -0.39 is 0 Å². The maximum Gasteiger partial charge on any atom is 0.238 e. The van der Waals surface area contributed by atoms with Crippen molar-refractivity contribution in [3.05, 3.63) is 30.1 Å². The number of nitrogens with one attached hydrogen (secondary N) is 2.